The van der Waals surface area contributed by atoms with Gasteiger partial charge >= 0.3 is 0 Å². The number of halogens is 1. The number of nitrogens with zero attached hydrogens (tertiary/aromatic N) is 4. The monoisotopic (exact) mass is 402 g/mol. The molecule has 3 aromatic heterocycles. The van der Waals surface area contributed by atoms with E-state index in [2.05, 4.69) is 20.9 Å². The number of hydrogen-bond acceptors (Lipinski definition) is 5. The van der Waals surface area contributed by atoms with Gasteiger partial charge in [0.15, 0.2) is 5.82 Å². The van der Waals surface area contributed by atoms with Crippen molar-refractivity contribution in [3.63, 3.8) is 0 Å². The fraction of sp³-hybridized carbons (Fsp3) is 0.174. The molecule has 29 heavy (non-hydrogen) atoms. The SMILES string of the molecule is Fc1ccccc1-c1ccc(CN2CCc3nc(-c4ccncc4)ncc3C2)s1. The molecule has 0 aliphatic carbocycles. The van der Waals surface area contributed by atoms with Crippen molar-refractivity contribution in [2.24, 2.45) is 0 Å². The van der Waals surface area contributed by atoms with Crippen LogP contribution >= 0.6 is 11.3 Å². The van der Waals surface area contributed by atoms with Gasteiger partial charge in [0.25, 0.3) is 0 Å². The molecule has 0 atom stereocenters. The van der Waals surface area contributed by atoms with Gasteiger partial charge in [0.2, 0.25) is 0 Å². The molecule has 0 N–H and O–H groups in total. The first-order valence-electron chi connectivity index (χ1n) is 9.57. The maximum Gasteiger partial charge on any atom is 0.159 e. The van der Waals surface area contributed by atoms with E-state index in [1.54, 1.807) is 29.8 Å². The van der Waals surface area contributed by atoms with Crippen LogP contribution in [0.15, 0.2) is 67.1 Å². The minimum absolute atomic E-state index is 0.171. The highest BCUT2D eigenvalue weighted by Crippen LogP contribution is 2.31. The first kappa shape index (κ1) is 18.1. The maximum atomic E-state index is 14.0. The second-order valence-corrected chi connectivity index (χ2v) is 8.28. The van der Waals surface area contributed by atoms with Gasteiger partial charge in [-0.3, -0.25) is 9.88 Å². The number of benzene rings is 1. The molecule has 1 aliphatic rings. The van der Waals surface area contributed by atoms with Gasteiger partial charge in [-0.25, -0.2) is 14.4 Å². The van der Waals surface area contributed by atoms with Crippen LogP contribution in [0.1, 0.15) is 16.1 Å². The number of thiophene rings is 1. The highest BCUT2D eigenvalue weighted by atomic mass is 32.1. The first-order valence-corrected chi connectivity index (χ1v) is 10.4. The summed E-state index contributed by atoms with van der Waals surface area (Å²) in [6, 6.07) is 14.9. The quantitative estimate of drug-likeness (QED) is 0.484. The maximum absolute atomic E-state index is 14.0. The Morgan fingerprint density at radius 1 is 1.03 bits per heavy atom. The van der Waals surface area contributed by atoms with Gasteiger partial charge in [-0.15, -0.1) is 11.3 Å². The normalized spacial score (nSPS) is 14.0. The summed E-state index contributed by atoms with van der Waals surface area (Å²) in [5.74, 6) is 0.585. The van der Waals surface area contributed by atoms with Gasteiger partial charge in [-0.05, 0) is 30.3 Å². The summed E-state index contributed by atoms with van der Waals surface area (Å²) in [7, 11) is 0. The molecule has 4 aromatic rings. The van der Waals surface area contributed by atoms with Gasteiger partial charge in [0, 0.05) is 71.1 Å². The lowest BCUT2D eigenvalue weighted by molar-refractivity contribution is 0.245. The van der Waals surface area contributed by atoms with E-state index < -0.39 is 0 Å². The molecule has 0 saturated carbocycles. The summed E-state index contributed by atoms with van der Waals surface area (Å²) in [4.78, 5) is 18.0. The van der Waals surface area contributed by atoms with E-state index in [0.29, 0.717) is 5.56 Å². The molecule has 5 rings (SSSR count). The summed E-state index contributed by atoms with van der Waals surface area (Å²) in [5.41, 5.74) is 3.97. The molecule has 0 spiro atoms. The predicted molar refractivity (Wildman–Crippen MR) is 113 cm³/mol. The number of hydrogen-bond donors (Lipinski definition) is 0. The number of pyridine rings is 1. The Balaban J connectivity index is 1.30. The Morgan fingerprint density at radius 2 is 1.90 bits per heavy atom. The summed E-state index contributed by atoms with van der Waals surface area (Å²) in [6.07, 6.45) is 6.37. The molecule has 0 unspecified atom stereocenters. The fourth-order valence-corrected chi connectivity index (χ4v) is 4.72. The van der Waals surface area contributed by atoms with Crippen LogP contribution in [-0.2, 0) is 19.5 Å². The summed E-state index contributed by atoms with van der Waals surface area (Å²) >= 11 is 1.66. The van der Waals surface area contributed by atoms with Crippen LogP contribution in [0, 0.1) is 5.82 Å². The van der Waals surface area contributed by atoms with Gasteiger partial charge in [0.05, 0.1) is 5.69 Å². The van der Waals surface area contributed by atoms with Gasteiger partial charge in [-0.1, -0.05) is 18.2 Å². The molecule has 144 valence electrons. The van der Waals surface area contributed by atoms with Crippen LogP contribution < -0.4 is 0 Å². The first-order chi connectivity index (χ1) is 14.3. The zero-order valence-electron chi connectivity index (χ0n) is 15.8. The second kappa shape index (κ2) is 7.81. The molecule has 1 aromatic carbocycles. The fourth-order valence-electron chi connectivity index (χ4n) is 3.64. The van der Waals surface area contributed by atoms with E-state index in [1.807, 2.05) is 36.5 Å². The Labute approximate surface area is 172 Å². The molecule has 0 bridgehead atoms. The molecule has 0 radical (unpaired) electrons. The zero-order valence-corrected chi connectivity index (χ0v) is 16.6. The third-order valence-electron chi connectivity index (χ3n) is 5.13. The van der Waals surface area contributed by atoms with Crippen LogP contribution in [0.5, 0.6) is 0 Å². The molecule has 0 fully saturated rings. The number of rotatable bonds is 4. The number of fused-ring (bicyclic) bond motifs is 1. The van der Waals surface area contributed by atoms with Crippen LogP contribution in [0.2, 0.25) is 0 Å². The van der Waals surface area contributed by atoms with Crippen molar-refractivity contribution in [1.29, 1.82) is 0 Å². The highest BCUT2D eigenvalue weighted by molar-refractivity contribution is 7.15. The minimum atomic E-state index is -0.171. The van der Waals surface area contributed by atoms with Crippen molar-refractivity contribution in [1.82, 2.24) is 19.9 Å². The Bertz CT molecular complexity index is 1140. The Morgan fingerprint density at radius 3 is 2.76 bits per heavy atom. The van der Waals surface area contributed by atoms with Crippen LogP contribution in [0.25, 0.3) is 21.8 Å². The zero-order chi connectivity index (χ0) is 19.6. The molecule has 4 heterocycles. The van der Waals surface area contributed by atoms with Crippen molar-refractivity contribution < 1.29 is 4.39 Å². The number of aromatic nitrogens is 3. The summed E-state index contributed by atoms with van der Waals surface area (Å²) < 4.78 is 14.0. The van der Waals surface area contributed by atoms with Crippen LogP contribution in [-0.4, -0.2) is 26.4 Å². The Kier molecular flexibility index (Phi) is 4.87. The van der Waals surface area contributed by atoms with Crippen molar-refractivity contribution in [2.75, 3.05) is 6.54 Å². The predicted octanol–water partition coefficient (Wildman–Crippen LogP) is 4.96. The van der Waals surface area contributed by atoms with E-state index in [-0.39, 0.29) is 5.82 Å². The molecular weight excluding hydrogens is 383 g/mol. The van der Waals surface area contributed by atoms with Crippen molar-refractivity contribution in [3.05, 3.63) is 89.1 Å². The second-order valence-electron chi connectivity index (χ2n) is 7.11. The van der Waals surface area contributed by atoms with Gasteiger partial charge in [0.1, 0.15) is 5.82 Å². The lowest BCUT2D eigenvalue weighted by Gasteiger charge is -2.27. The van der Waals surface area contributed by atoms with E-state index in [4.69, 9.17) is 4.98 Å². The van der Waals surface area contributed by atoms with Crippen LogP contribution in [0.3, 0.4) is 0 Å². The summed E-state index contributed by atoms with van der Waals surface area (Å²) in [6.45, 7) is 2.64. The van der Waals surface area contributed by atoms with E-state index in [1.165, 1.54) is 16.5 Å². The standard InChI is InChI=1S/C23H19FN4S/c24-20-4-2-1-3-19(20)22-6-5-18(29-22)15-28-12-9-21-17(14-28)13-26-23(27-21)16-7-10-25-11-8-16/h1-8,10-11,13H,9,12,14-15H2. The van der Waals surface area contributed by atoms with Crippen molar-refractivity contribution in [3.8, 4) is 21.8 Å². The molecular formula is C23H19FN4S. The van der Waals surface area contributed by atoms with Gasteiger partial charge < -0.3 is 0 Å². The molecule has 6 heteroatoms. The molecule has 4 nitrogen and oxygen atoms in total. The van der Waals surface area contributed by atoms with E-state index in [0.717, 1.165) is 48.0 Å². The largest absolute Gasteiger partial charge is 0.293 e. The van der Waals surface area contributed by atoms with E-state index in [9.17, 15) is 4.39 Å². The minimum Gasteiger partial charge on any atom is -0.293 e. The highest BCUT2D eigenvalue weighted by Gasteiger charge is 2.20. The van der Waals surface area contributed by atoms with Crippen LogP contribution in [0.4, 0.5) is 4.39 Å². The molecule has 1 aliphatic heterocycles. The third kappa shape index (κ3) is 3.81. The Hall–Kier alpha value is -2.96. The lowest BCUT2D eigenvalue weighted by Crippen LogP contribution is -2.30. The third-order valence-corrected chi connectivity index (χ3v) is 6.24. The van der Waals surface area contributed by atoms with Crippen molar-refractivity contribution >= 4 is 11.3 Å². The van der Waals surface area contributed by atoms with Crippen molar-refractivity contribution in [2.45, 2.75) is 19.5 Å². The molecule has 0 amide bonds. The lowest BCUT2D eigenvalue weighted by atomic mass is 10.1. The topological polar surface area (TPSA) is 41.9 Å². The van der Waals surface area contributed by atoms with E-state index >= 15 is 0 Å². The summed E-state index contributed by atoms with van der Waals surface area (Å²) in [5, 5.41) is 0. The van der Waals surface area contributed by atoms with Gasteiger partial charge in [-0.2, -0.15) is 0 Å². The average Bonchev–Trinajstić information content (AvgIpc) is 3.22. The smallest absolute Gasteiger partial charge is 0.159 e. The average molecular weight is 402 g/mol. The molecule has 0 saturated heterocycles.